The zero-order valence-electron chi connectivity index (χ0n) is 14.7. The van der Waals surface area contributed by atoms with E-state index in [4.69, 9.17) is 5.11 Å². The Bertz CT molecular complexity index is 421. The van der Waals surface area contributed by atoms with Crippen molar-refractivity contribution in [3.8, 4) is 0 Å². The Hall–Kier alpha value is -1.65. The fourth-order valence-electron chi connectivity index (χ4n) is 2.04. The van der Waals surface area contributed by atoms with Crippen molar-refractivity contribution in [2.45, 2.75) is 70.5 Å². The molecule has 4 nitrogen and oxygen atoms in total. The molecule has 0 fully saturated rings. The highest BCUT2D eigenvalue weighted by molar-refractivity contribution is 5.66. The predicted molar refractivity (Wildman–Crippen MR) is 98.8 cm³/mol. The van der Waals surface area contributed by atoms with Gasteiger partial charge in [-0.25, -0.2) is 0 Å². The van der Waals surface area contributed by atoms with Gasteiger partial charge in [0.05, 0.1) is 12.2 Å². The Morgan fingerprint density at radius 2 is 1.42 bits per heavy atom. The minimum atomic E-state index is -0.833. The van der Waals surface area contributed by atoms with E-state index in [0.29, 0.717) is 12.8 Å². The van der Waals surface area contributed by atoms with Crippen molar-refractivity contribution in [1.82, 2.24) is 0 Å². The molecule has 0 aliphatic carbocycles. The third kappa shape index (κ3) is 16.7. The van der Waals surface area contributed by atoms with E-state index in [-0.39, 0.29) is 12.5 Å². The van der Waals surface area contributed by atoms with Gasteiger partial charge in [0.2, 0.25) is 0 Å². The second-order valence-corrected chi connectivity index (χ2v) is 5.78. The highest BCUT2D eigenvalue weighted by atomic mass is 16.4. The molecule has 0 unspecified atom stereocenters. The normalized spacial score (nSPS) is 15.1. The number of aliphatic hydroxyl groups excluding tert-OH is 2. The van der Waals surface area contributed by atoms with Crippen molar-refractivity contribution in [1.29, 1.82) is 0 Å². The lowest BCUT2D eigenvalue weighted by Crippen LogP contribution is -2.03. The molecule has 0 heterocycles. The molecule has 24 heavy (non-hydrogen) atoms. The lowest BCUT2D eigenvalue weighted by atomic mass is 10.1. The smallest absolute Gasteiger partial charge is 0.303 e. The molecule has 0 rings (SSSR count). The van der Waals surface area contributed by atoms with Crippen LogP contribution in [0.3, 0.4) is 0 Å². The first-order valence-electron chi connectivity index (χ1n) is 8.80. The van der Waals surface area contributed by atoms with Gasteiger partial charge in [0, 0.05) is 6.42 Å². The van der Waals surface area contributed by atoms with E-state index < -0.39 is 12.1 Å². The van der Waals surface area contributed by atoms with Crippen molar-refractivity contribution in [3.63, 3.8) is 0 Å². The van der Waals surface area contributed by atoms with Crippen LogP contribution in [0.1, 0.15) is 58.3 Å². The van der Waals surface area contributed by atoms with Crippen molar-refractivity contribution >= 4 is 5.97 Å². The van der Waals surface area contributed by atoms with E-state index in [9.17, 15) is 15.0 Å². The third-order valence-corrected chi connectivity index (χ3v) is 3.43. The van der Waals surface area contributed by atoms with Crippen LogP contribution in [0, 0.1) is 0 Å². The van der Waals surface area contributed by atoms with Crippen LogP contribution in [0.4, 0.5) is 0 Å². The highest BCUT2D eigenvalue weighted by Crippen LogP contribution is 2.04. The summed E-state index contributed by atoms with van der Waals surface area (Å²) < 4.78 is 0. The van der Waals surface area contributed by atoms with Crippen molar-refractivity contribution in [3.05, 3.63) is 48.6 Å². The molecule has 0 aromatic carbocycles. The predicted octanol–water partition coefficient (Wildman–Crippen LogP) is 4.16. The summed E-state index contributed by atoms with van der Waals surface area (Å²) in [6, 6.07) is 0. The van der Waals surface area contributed by atoms with Crippen LogP contribution in [0.2, 0.25) is 0 Å². The van der Waals surface area contributed by atoms with Gasteiger partial charge in [0.25, 0.3) is 0 Å². The Balaban J connectivity index is 3.75. The number of rotatable bonds is 14. The molecule has 0 radical (unpaired) electrons. The van der Waals surface area contributed by atoms with Crippen LogP contribution in [0.15, 0.2) is 48.6 Å². The van der Waals surface area contributed by atoms with E-state index in [1.807, 2.05) is 36.5 Å². The van der Waals surface area contributed by atoms with Gasteiger partial charge < -0.3 is 15.3 Å². The Labute approximate surface area is 145 Å². The maximum Gasteiger partial charge on any atom is 0.303 e. The minimum Gasteiger partial charge on any atom is -0.481 e. The van der Waals surface area contributed by atoms with Gasteiger partial charge in [-0.15, -0.1) is 0 Å². The molecule has 4 heteroatoms. The topological polar surface area (TPSA) is 77.8 Å². The van der Waals surface area contributed by atoms with Gasteiger partial charge in [0.1, 0.15) is 0 Å². The van der Waals surface area contributed by atoms with Crippen LogP contribution >= 0.6 is 0 Å². The van der Waals surface area contributed by atoms with E-state index >= 15 is 0 Å². The Kier molecular flexibility index (Phi) is 15.1. The second-order valence-electron chi connectivity index (χ2n) is 5.78. The van der Waals surface area contributed by atoms with E-state index in [0.717, 1.165) is 32.1 Å². The molecule has 0 spiro atoms. The summed E-state index contributed by atoms with van der Waals surface area (Å²) in [4.78, 5) is 10.3. The van der Waals surface area contributed by atoms with Crippen LogP contribution < -0.4 is 0 Å². The highest BCUT2D eigenvalue weighted by Gasteiger charge is 2.01. The summed E-state index contributed by atoms with van der Waals surface area (Å²) in [6.45, 7) is 2.15. The molecule has 0 aliphatic heterocycles. The summed E-state index contributed by atoms with van der Waals surface area (Å²) >= 11 is 0. The van der Waals surface area contributed by atoms with E-state index in [1.165, 1.54) is 0 Å². The number of carbonyl (C=O) groups is 1. The van der Waals surface area contributed by atoms with Gasteiger partial charge in [-0.1, -0.05) is 74.8 Å². The maximum absolute atomic E-state index is 10.3. The molecule has 2 atom stereocenters. The average Bonchev–Trinajstić information content (AvgIpc) is 2.53. The number of hydrogen-bond acceptors (Lipinski definition) is 3. The fraction of sp³-hybridized carbons (Fsp3) is 0.550. The second kappa shape index (κ2) is 16.2. The quantitative estimate of drug-likeness (QED) is 0.329. The molecule has 0 aliphatic rings. The Morgan fingerprint density at radius 1 is 0.875 bits per heavy atom. The number of hydrogen-bond donors (Lipinski definition) is 3. The van der Waals surface area contributed by atoms with Gasteiger partial charge in [-0.05, 0) is 25.7 Å². The molecular formula is C20H32O4. The number of carboxylic acid groups (broad SMARTS) is 1. The van der Waals surface area contributed by atoms with Gasteiger partial charge in [0.15, 0.2) is 0 Å². The molecule has 0 aromatic heterocycles. The van der Waals surface area contributed by atoms with Crippen molar-refractivity contribution < 1.29 is 20.1 Å². The number of allylic oxidation sites excluding steroid dienone is 6. The zero-order chi connectivity index (χ0) is 18.0. The number of aliphatic carboxylic acids is 1. The summed E-state index contributed by atoms with van der Waals surface area (Å²) in [5, 5.41) is 27.8. The Morgan fingerprint density at radius 3 is 1.92 bits per heavy atom. The average molecular weight is 336 g/mol. The van der Waals surface area contributed by atoms with E-state index in [2.05, 4.69) is 6.92 Å². The van der Waals surface area contributed by atoms with Gasteiger partial charge in [-0.2, -0.15) is 0 Å². The number of aliphatic hydroxyl groups is 2. The molecule has 0 saturated carbocycles. The zero-order valence-corrected chi connectivity index (χ0v) is 14.7. The van der Waals surface area contributed by atoms with Crippen LogP contribution in [-0.2, 0) is 4.79 Å². The maximum atomic E-state index is 10.3. The standard InChI is InChI=1S/C20H32O4/c1-2-3-9-13-18(21)14-10-7-5-4-6-8-11-15-19(22)16-12-17-20(23)24/h5-8,10-11,14-15,18-19,21-22H,2-4,9,12-13,16-17H2,1H3,(H,23,24)/b7-5+,8-6+,14-10+,15-11+/t18-,19-/m0/s1. The third-order valence-electron chi connectivity index (χ3n) is 3.43. The molecule has 3 N–H and O–H groups in total. The SMILES string of the molecule is CCCCC[C@H](O)/C=C/C=C/C/C=C/C=C/[C@H](O)CCCC(=O)O. The summed E-state index contributed by atoms with van der Waals surface area (Å²) in [6.07, 6.45) is 19.9. The van der Waals surface area contributed by atoms with Crippen molar-refractivity contribution in [2.24, 2.45) is 0 Å². The first-order chi connectivity index (χ1) is 11.6. The van der Waals surface area contributed by atoms with E-state index in [1.54, 1.807) is 12.2 Å². The first-order valence-corrected chi connectivity index (χ1v) is 8.80. The summed E-state index contributed by atoms with van der Waals surface area (Å²) in [5.74, 6) is -0.833. The lowest BCUT2D eigenvalue weighted by molar-refractivity contribution is -0.137. The van der Waals surface area contributed by atoms with Crippen molar-refractivity contribution in [2.75, 3.05) is 0 Å². The van der Waals surface area contributed by atoms with Gasteiger partial charge in [-0.3, -0.25) is 4.79 Å². The lowest BCUT2D eigenvalue weighted by Gasteiger charge is -2.02. The van der Waals surface area contributed by atoms with Crippen LogP contribution in [0.25, 0.3) is 0 Å². The number of unbranched alkanes of at least 4 members (excludes halogenated alkanes) is 2. The molecular weight excluding hydrogens is 304 g/mol. The largest absolute Gasteiger partial charge is 0.481 e. The van der Waals surface area contributed by atoms with Crippen LogP contribution in [0.5, 0.6) is 0 Å². The summed E-state index contributed by atoms with van der Waals surface area (Å²) in [5.41, 5.74) is 0. The molecule has 0 aromatic rings. The molecule has 0 amide bonds. The van der Waals surface area contributed by atoms with Crippen LogP contribution in [-0.4, -0.2) is 33.5 Å². The monoisotopic (exact) mass is 336 g/mol. The van der Waals surface area contributed by atoms with Gasteiger partial charge >= 0.3 is 5.97 Å². The minimum absolute atomic E-state index is 0.0896. The summed E-state index contributed by atoms with van der Waals surface area (Å²) in [7, 11) is 0. The molecule has 0 saturated heterocycles. The molecule has 136 valence electrons. The number of carboxylic acids is 1. The first kappa shape index (κ1) is 22.4. The molecule has 0 bridgehead atoms. The fourth-order valence-corrected chi connectivity index (χ4v) is 2.04.